The van der Waals surface area contributed by atoms with Gasteiger partial charge in [0.05, 0.1) is 12.7 Å². The molecule has 0 saturated heterocycles. The highest BCUT2D eigenvalue weighted by molar-refractivity contribution is 5.31. The molecule has 0 aliphatic rings. The topological polar surface area (TPSA) is 30.5 Å². The molecule has 1 N–H and O–H groups in total. The number of hydrogen-bond donors (Lipinski definition) is 1. The predicted octanol–water partition coefficient (Wildman–Crippen LogP) is 4.02. The molecule has 0 fully saturated rings. The lowest BCUT2D eigenvalue weighted by molar-refractivity contribution is 0.205. The largest absolute Gasteiger partial charge is 0.494 e. The molecule has 0 saturated carbocycles. The molecule has 0 aliphatic heterocycles. The number of benzene rings is 1. The van der Waals surface area contributed by atoms with Crippen molar-refractivity contribution < 1.29 is 9.47 Å². The summed E-state index contributed by atoms with van der Waals surface area (Å²) in [7, 11) is 0. The van der Waals surface area contributed by atoms with E-state index < -0.39 is 0 Å². The molecular formula is C17H29NO2. The Hall–Kier alpha value is -1.22. The molecule has 1 rings (SSSR count). The van der Waals surface area contributed by atoms with Crippen molar-refractivity contribution in [1.29, 1.82) is 0 Å². The van der Waals surface area contributed by atoms with E-state index in [1.54, 1.807) is 0 Å². The smallest absolute Gasteiger partial charge is 0.119 e. The van der Waals surface area contributed by atoms with Gasteiger partial charge < -0.3 is 14.8 Å². The molecule has 3 nitrogen and oxygen atoms in total. The molecule has 0 radical (unpaired) electrons. The molecule has 1 atom stereocenters. The van der Waals surface area contributed by atoms with Gasteiger partial charge in [-0.3, -0.25) is 0 Å². The van der Waals surface area contributed by atoms with E-state index >= 15 is 0 Å². The van der Waals surface area contributed by atoms with E-state index in [0.29, 0.717) is 6.61 Å². The minimum Gasteiger partial charge on any atom is -0.494 e. The third-order valence-electron chi connectivity index (χ3n) is 2.91. The van der Waals surface area contributed by atoms with Gasteiger partial charge in [0.25, 0.3) is 0 Å². The molecule has 0 aromatic heterocycles. The van der Waals surface area contributed by atoms with Crippen molar-refractivity contribution in [2.45, 2.75) is 59.1 Å². The Morgan fingerprint density at radius 2 is 1.70 bits per heavy atom. The monoisotopic (exact) mass is 279 g/mol. The lowest BCUT2D eigenvalue weighted by atomic mass is 10.1. The average molecular weight is 279 g/mol. The van der Waals surface area contributed by atoms with Gasteiger partial charge in [-0.15, -0.1) is 0 Å². The molecule has 0 heterocycles. The van der Waals surface area contributed by atoms with Gasteiger partial charge in [0, 0.05) is 5.54 Å². The Morgan fingerprint density at radius 1 is 1.10 bits per heavy atom. The first kappa shape index (κ1) is 16.8. The zero-order chi connectivity index (χ0) is 15.0. The summed E-state index contributed by atoms with van der Waals surface area (Å²) in [5.41, 5.74) is 0.194. The maximum Gasteiger partial charge on any atom is 0.119 e. The molecule has 0 amide bonds. The minimum absolute atomic E-state index is 0.194. The zero-order valence-electron chi connectivity index (χ0n) is 13.5. The van der Waals surface area contributed by atoms with E-state index in [2.05, 4.69) is 33.0 Å². The van der Waals surface area contributed by atoms with Crippen molar-refractivity contribution in [1.82, 2.24) is 5.32 Å². The summed E-state index contributed by atoms with van der Waals surface area (Å²) >= 11 is 0. The quantitative estimate of drug-likeness (QED) is 0.729. The van der Waals surface area contributed by atoms with Crippen molar-refractivity contribution in [3.63, 3.8) is 0 Å². The van der Waals surface area contributed by atoms with Crippen LogP contribution in [0.1, 0.15) is 47.5 Å². The summed E-state index contributed by atoms with van der Waals surface area (Å²) < 4.78 is 11.3. The minimum atomic E-state index is 0.194. The summed E-state index contributed by atoms with van der Waals surface area (Å²) in [6, 6.07) is 7.84. The zero-order valence-corrected chi connectivity index (χ0v) is 13.5. The van der Waals surface area contributed by atoms with Crippen molar-refractivity contribution in [3.8, 4) is 11.5 Å². The number of nitrogens with one attached hydrogen (secondary N) is 1. The van der Waals surface area contributed by atoms with Gasteiger partial charge in [0.1, 0.15) is 11.5 Å². The fraction of sp³-hybridized carbons (Fsp3) is 0.647. The van der Waals surface area contributed by atoms with Gasteiger partial charge >= 0.3 is 0 Å². The highest BCUT2D eigenvalue weighted by Crippen LogP contribution is 2.19. The second kappa shape index (κ2) is 8.15. The first-order chi connectivity index (χ1) is 9.40. The Bertz CT molecular complexity index is 368. The van der Waals surface area contributed by atoms with Crippen molar-refractivity contribution >= 4 is 0 Å². The van der Waals surface area contributed by atoms with Gasteiger partial charge in [-0.25, -0.2) is 0 Å². The highest BCUT2D eigenvalue weighted by atomic mass is 16.5. The van der Waals surface area contributed by atoms with E-state index in [-0.39, 0.29) is 11.6 Å². The highest BCUT2D eigenvalue weighted by Gasteiger charge is 2.09. The van der Waals surface area contributed by atoms with Crippen LogP contribution in [0, 0.1) is 0 Å². The van der Waals surface area contributed by atoms with Crippen LogP contribution in [0.2, 0.25) is 0 Å². The summed E-state index contributed by atoms with van der Waals surface area (Å²) in [6.07, 6.45) is 2.40. The fourth-order valence-corrected chi connectivity index (χ4v) is 1.93. The van der Waals surface area contributed by atoms with E-state index in [9.17, 15) is 0 Å². The standard InChI is InChI=1S/C17H29NO2/c1-6-19-15-9-11-16(12-10-15)20-14(2)8-7-13-18-17(3,4)5/h9-12,14,18H,6-8,13H2,1-5H3. The summed E-state index contributed by atoms with van der Waals surface area (Å²) in [5.74, 6) is 1.80. The normalized spacial score (nSPS) is 13.1. The Balaban J connectivity index is 2.26. The van der Waals surface area contributed by atoms with Gasteiger partial charge in [0.15, 0.2) is 0 Å². The van der Waals surface area contributed by atoms with Crippen LogP contribution in [0.4, 0.5) is 0 Å². The summed E-state index contributed by atoms with van der Waals surface area (Å²) in [5, 5.41) is 3.49. The Labute approximate surface area is 123 Å². The molecule has 1 unspecified atom stereocenters. The van der Waals surface area contributed by atoms with Crippen molar-refractivity contribution in [2.75, 3.05) is 13.2 Å². The van der Waals surface area contributed by atoms with Crippen molar-refractivity contribution in [2.24, 2.45) is 0 Å². The predicted molar refractivity (Wildman–Crippen MR) is 84.7 cm³/mol. The Kier molecular flexibility index (Phi) is 6.86. The molecule has 0 bridgehead atoms. The third kappa shape index (κ3) is 7.39. The van der Waals surface area contributed by atoms with Crippen LogP contribution in [0.15, 0.2) is 24.3 Å². The van der Waals surface area contributed by atoms with Crippen LogP contribution in [0.5, 0.6) is 11.5 Å². The molecule has 0 aliphatic carbocycles. The van der Waals surface area contributed by atoms with E-state index in [4.69, 9.17) is 9.47 Å². The molecular weight excluding hydrogens is 250 g/mol. The lowest BCUT2D eigenvalue weighted by Crippen LogP contribution is -2.36. The van der Waals surface area contributed by atoms with E-state index in [0.717, 1.165) is 30.9 Å². The van der Waals surface area contributed by atoms with Crippen LogP contribution in [0.25, 0.3) is 0 Å². The number of ether oxygens (including phenoxy) is 2. The SMILES string of the molecule is CCOc1ccc(OC(C)CCCNC(C)(C)C)cc1. The second-order valence-corrected chi connectivity index (χ2v) is 6.15. The van der Waals surface area contributed by atoms with Gasteiger partial charge in [0.2, 0.25) is 0 Å². The molecule has 20 heavy (non-hydrogen) atoms. The van der Waals surface area contributed by atoms with Gasteiger partial charge in [-0.1, -0.05) is 0 Å². The lowest BCUT2D eigenvalue weighted by Gasteiger charge is -2.21. The van der Waals surface area contributed by atoms with Crippen LogP contribution < -0.4 is 14.8 Å². The number of hydrogen-bond acceptors (Lipinski definition) is 3. The van der Waals surface area contributed by atoms with Crippen LogP contribution in [-0.2, 0) is 0 Å². The molecule has 3 heteroatoms. The maximum atomic E-state index is 5.90. The summed E-state index contributed by atoms with van der Waals surface area (Å²) in [4.78, 5) is 0. The molecule has 1 aromatic carbocycles. The Morgan fingerprint density at radius 3 is 2.25 bits per heavy atom. The number of rotatable bonds is 8. The molecule has 0 spiro atoms. The van der Waals surface area contributed by atoms with E-state index in [1.807, 2.05) is 31.2 Å². The van der Waals surface area contributed by atoms with Gasteiger partial charge in [-0.2, -0.15) is 0 Å². The van der Waals surface area contributed by atoms with Crippen LogP contribution >= 0.6 is 0 Å². The van der Waals surface area contributed by atoms with Crippen LogP contribution in [0.3, 0.4) is 0 Å². The third-order valence-corrected chi connectivity index (χ3v) is 2.91. The van der Waals surface area contributed by atoms with E-state index in [1.165, 1.54) is 0 Å². The summed E-state index contributed by atoms with van der Waals surface area (Å²) in [6.45, 7) is 12.4. The van der Waals surface area contributed by atoms with Gasteiger partial charge in [-0.05, 0) is 78.3 Å². The second-order valence-electron chi connectivity index (χ2n) is 6.15. The fourth-order valence-electron chi connectivity index (χ4n) is 1.93. The van der Waals surface area contributed by atoms with Crippen LogP contribution in [-0.4, -0.2) is 24.8 Å². The first-order valence-corrected chi connectivity index (χ1v) is 7.55. The van der Waals surface area contributed by atoms with Crippen molar-refractivity contribution in [3.05, 3.63) is 24.3 Å². The maximum absolute atomic E-state index is 5.90. The first-order valence-electron chi connectivity index (χ1n) is 7.55. The average Bonchev–Trinajstić information content (AvgIpc) is 2.36. The molecule has 1 aromatic rings. The molecule has 114 valence electrons.